The molecule has 0 radical (unpaired) electrons. The fourth-order valence-electron chi connectivity index (χ4n) is 2.39. The Bertz CT molecular complexity index is 526. The van der Waals surface area contributed by atoms with Gasteiger partial charge in [0.05, 0.1) is 11.3 Å². The van der Waals surface area contributed by atoms with Crippen LogP contribution >= 0.6 is 11.8 Å². The molecule has 0 aromatic heterocycles. The summed E-state index contributed by atoms with van der Waals surface area (Å²) in [6.45, 7) is 5.14. The molecular formula is C16H21N3OS. The second kappa shape index (κ2) is 8.06. The van der Waals surface area contributed by atoms with Gasteiger partial charge in [-0.3, -0.25) is 4.79 Å². The maximum absolute atomic E-state index is 12.0. The molecule has 0 spiro atoms. The van der Waals surface area contributed by atoms with Crippen molar-refractivity contribution in [2.45, 2.75) is 25.0 Å². The van der Waals surface area contributed by atoms with E-state index in [9.17, 15) is 4.79 Å². The van der Waals surface area contributed by atoms with Gasteiger partial charge in [-0.15, -0.1) is 0 Å². The van der Waals surface area contributed by atoms with E-state index in [1.807, 2.05) is 17.8 Å². The Morgan fingerprint density at radius 2 is 2.33 bits per heavy atom. The number of rotatable bonds is 5. The monoisotopic (exact) mass is 303 g/mol. The summed E-state index contributed by atoms with van der Waals surface area (Å²) in [7, 11) is 0. The number of benzene rings is 1. The van der Waals surface area contributed by atoms with Crippen molar-refractivity contribution in [3.8, 4) is 6.07 Å². The molecule has 1 fully saturated rings. The molecule has 1 amide bonds. The van der Waals surface area contributed by atoms with E-state index in [0.29, 0.717) is 22.9 Å². The molecule has 1 saturated heterocycles. The topological polar surface area (TPSA) is 56.1 Å². The molecule has 21 heavy (non-hydrogen) atoms. The van der Waals surface area contributed by atoms with Crippen molar-refractivity contribution in [1.82, 2.24) is 4.90 Å². The molecule has 0 aliphatic carbocycles. The lowest BCUT2D eigenvalue weighted by Crippen LogP contribution is -2.39. The lowest BCUT2D eigenvalue weighted by atomic mass is 10.2. The zero-order valence-corrected chi connectivity index (χ0v) is 13.2. The standard InChI is InChI=1S/C16H21N3OS/c1-2-14-12-19(9-10-21-14)8-7-16(20)18-15-6-4-3-5-13(15)11-17/h3-6,14H,2,7-10,12H2,1H3,(H,18,20)/t14-/m1/s1. The fourth-order valence-corrected chi connectivity index (χ4v) is 3.64. The summed E-state index contributed by atoms with van der Waals surface area (Å²) in [4.78, 5) is 14.4. The van der Waals surface area contributed by atoms with Gasteiger partial charge in [0.1, 0.15) is 6.07 Å². The first-order valence-corrected chi connectivity index (χ1v) is 8.40. The van der Waals surface area contributed by atoms with E-state index in [4.69, 9.17) is 5.26 Å². The zero-order chi connectivity index (χ0) is 15.1. The predicted molar refractivity (Wildman–Crippen MR) is 87.4 cm³/mol. The van der Waals surface area contributed by atoms with Crippen molar-refractivity contribution in [3.63, 3.8) is 0 Å². The minimum absolute atomic E-state index is 0.0241. The molecule has 0 unspecified atom stereocenters. The molecule has 0 saturated carbocycles. The average Bonchev–Trinajstić information content (AvgIpc) is 2.53. The number of carbonyl (C=O) groups excluding carboxylic acids is 1. The highest BCUT2D eigenvalue weighted by atomic mass is 32.2. The van der Waals surface area contributed by atoms with Gasteiger partial charge in [0.25, 0.3) is 0 Å². The zero-order valence-electron chi connectivity index (χ0n) is 12.3. The average molecular weight is 303 g/mol. The van der Waals surface area contributed by atoms with E-state index >= 15 is 0 Å². The van der Waals surface area contributed by atoms with E-state index in [-0.39, 0.29) is 5.91 Å². The molecule has 1 heterocycles. The number of para-hydroxylation sites is 1. The Hall–Kier alpha value is -1.51. The second-order valence-corrected chi connectivity index (χ2v) is 6.57. The lowest BCUT2D eigenvalue weighted by molar-refractivity contribution is -0.116. The maximum Gasteiger partial charge on any atom is 0.225 e. The number of carbonyl (C=O) groups is 1. The summed E-state index contributed by atoms with van der Waals surface area (Å²) >= 11 is 2.03. The van der Waals surface area contributed by atoms with Crippen LogP contribution < -0.4 is 5.32 Å². The van der Waals surface area contributed by atoms with Crippen LogP contribution in [0.15, 0.2) is 24.3 Å². The van der Waals surface area contributed by atoms with Gasteiger partial charge >= 0.3 is 0 Å². The lowest BCUT2D eigenvalue weighted by Gasteiger charge is -2.31. The molecule has 112 valence electrons. The second-order valence-electron chi connectivity index (χ2n) is 5.16. The summed E-state index contributed by atoms with van der Waals surface area (Å²) in [6, 6.07) is 9.19. The normalized spacial score (nSPS) is 19.0. The van der Waals surface area contributed by atoms with Crippen LogP contribution in [0.2, 0.25) is 0 Å². The van der Waals surface area contributed by atoms with Crippen LogP contribution in [-0.4, -0.2) is 41.4 Å². The van der Waals surface area contributed by atoms with Gasteiger partial charge < -0.3 is 10.2 Å². The van der Waals surface area contributed by atoms with Gasteiger partial charge in [0, 0.05) is 37.1 Å². The first kappa shape index (κ1) is 15.9. The quantitative estimate of drug-likeness (QED) is 0.908. The minimum Gasteiger partial charge on any atom is -0.325 e. The number of nitriles is 1. The summed E-state index contributed by atoms with van der Waals surface area (Å²) in [5.41, 5.74) is 1.11. The number of anilines is 1. The summed E-state index contributed by atoms with van der Waals surface area (Å²) in [5, 5.41) is 12.5. The molecule has 1 aromatic rings. The minimum atomic E-state index is -0.0241. The number of nitrogens with one attached hydrogen (secondary N) is 1. The highest BCUT2D eigenvalue weighted by Gasteiger charge is 2.19. The van der Waals surface area contributed by atoms with Crippen molar-refractivity contribution in [3.05, 3.63) is 29.8 Å². The van der Waals surface area contributed by atoms with Crippen LogP contribution in [0, 0.1) is 11.3 Å². The molecule has 1 aromatic carbocycles. The van der Waals surface area contributed by atoms with E-state index in [0.717, 1.165) is 25.4 Å². The third kappa shape index (κ3) is 4.76. The number of nitrogens with zero attached hydrogens (tertiary/aromatic N) is 2. The summed E-state index contributed by atoms with van der Waals surface area (Å²) < 4.78 is 0. The SMILES string of the molecule is CC[C@@H]1CN(CCC(=O)Nc2ccccc2C#N)CCS1. The molecule has 2 rings (SSSR count). The number of hydrogen-bond donors (Lipinski definition) is 1. The van der Waals surface area contributed by atoms with Crippen molar-refractivity contribution >= 4 is 23.4 Å². The van der Waals surface area contributed by atoms with Crippen molar-refractivity contribution < 1.29 is 4.79 Å². The van der Waals surface area contributed by atoms with Crippen molar-refractivity contribution in [2.24, 2.45) is 0 Å². The summed E-state index contributed by atoms with van der Waals surface area (Å²) in [5.74, 6) is 1.13. The first-order valence-electron chi connectivity index (χ1n) is 7.36. The smallest absolute Gasteiger partial charge is 0.225 e. The largest absolute Gasteiger partial charge is 0.325 e. The van der Waals surface area contributed by atoms with Crippen LogP contribution in [0.3, 0.4) is 0 Å². The highest BCUT2D eigenvalue weighted by Crippen LogP contribution is 2.21. The fraction of sp³-hybridized carbons (Fsp3) is 0.500. The van der Waals surface area contributed by atoms with Gasteiger partial charge in [-0.05, 0) is 18.6 Å². The van der Waals surface area contributed by atoms with Gasteiger partial charge in [-0.2, -0.15) is 17.0 Å². The van der Waals surface area contributed by atoms with Crippen LogP contribution in [0.25, 0.3) is 0 Å². The maximum atomic E-state index is 12.0. The van der Waals surface area contributed by atoms with E-state index in [1.54, 1.807) is 18.2 Å². The van der Waals surface area contributed by atoms with Crippen molar-refractivity contribution in [1.29, 1.82) is 5.26 Å². The molecule has 1 aliphatic heterocycles. The Balaban J connectivity index is 1.81. The van der Waals surface area contributed by atoms with E-state index < -0.39 is 0 Å². The van der Waals surface area contributed by atoms with Gasteiger partial charge in [0.2, 0.25) is 5.91 Å². The van der Waals surface area contributed by atoms with Gasteiger partial charge in [-0.1, -0.05) is 19.1 Å². The highest BCUT2D eigenvalue weighted by molar-refractivity contribution is 8.00. The molecule has 1 N–H and O–H groups in total. The summed E-state index contributed by atoms with van der Waals surface area (Å²) in [6.07, 6.45) is 1.66. The third-order valence-electron chi connectivity index (χ3n) is 3.65. The first-order chi connectivity index (χ1) is 10.2. The molecular weight excluding hydrogens is 282 g/mol. The van der Waals surface area contributed by atoms with Crippen LogP contribution in [-0.2, 0) is 4.79 Å². The van der Waals surface area contributed by atoms with Crippen molar-refractivity contribution in [2.75, 3.05) is 30.7 Å². The van der Waals surface area contributed by atoms with Crippen LogP contribution in [0.5, 0.6) is 0 Å². The van der Waals surface area contributed by atoms with E-state index in [1.165, 1.54) is 6.42 Å². The molecule has 4 nitrogen and oxygen atoms in total. The van der Waals surface area contributed by atoms with Gasteiger partial charge in [-0.25, -0.2) is 0 Å². The predicted octanol–water partition coefficient (Wildman–Crippen LogP) is 2.71. The molecule has 0 bridgehead atoms. The molecule has 1 aliphatic rings. The van der Waals surface area contributed by atoms with E-state index in [2.05, 4.69) is 23.2 Å². The Morgan fingerprint density at radius 3 is 3.10 bits per heavy atom. The Kier molecular flexibility index (Phi) is 6.09. The number of thioether (sulfide) groups is 1. The molecule has 1 atom stereocenters. The Labute approximate surface area is 130 Å². The number of hydrogen-bond acceptors (Lipinski definition) is 4. The number of amides is 1. The Morgan fingerprint density at radius 1 is 1.52 bits per heavy atom. The third-order valence-corrected chi connectivity index (χ3v) is 5.03. The van der Waals surface area contributed by atoms with Crippen LogP contribution in [0.4, 0.5) is 5.69 Å². The van der Waals surface area contributed by atoms with Gasteiger partial charge in [0.15, 0.2) is 0 Å². The van der Waals surface area contributed by atoms with Crippen LogP contribution in [0.1, 0.15) is 25.3 Å². The molecule has 5 heteroatoms.